The molecule has 19 heavy (non-hydrogen) atoms. The van der Waals surface area contributed by atoms with Crippen molar-refractivity contribution in [2.75, 3.05) is 0 Å². The smallest absolute Gasteiger partial charge is 0.0266 e. The molecule has 0 aliphatic carbocycles. The van der Waals surface area contributed by atoms with Crippen LogP contribution in [0.15, 0.2) is 66.7 Å². The molecule has 0 aliphatic rings. The van der Waals surface area contributed by atoms with Gasteiger partial charge < -0.3 is 5.73 Å². The van der Waals surface area contributed by atoms with E-state index in [0.29, 0.717) is 0 Å². The van der Waals surface area contributed by atoms with E-state index in [1.807, 2.05) is 6.92 Å². The van der Waals surface area contributed by atoms with Crippen molar-refractivity contribution in [3.05, 3.63) is 72.3 Å². The number of nitrogens with two attached hydrogens (primary N) is 1. The van der Waals surface area contributed by atoms with Gasteiger partial charge in [0.25, 0.3) is 0 Å². The summed E-state index contributed by atoms with van der Waals surface area (Å²) >= 11 is 0. The van der Waals surface area contributed by atoms with Crippen LogP contribution in [-0.4, -0.2) is 0 Å². The fourth-order valence-electron chi connectivity index (χ4n) is 2.47. The molecule has 1 unspecified atom stereocenters. The highest BCUT2D eigenvalue weighted by Gasteiger charge is 2.05. The first-order chi connectivity index (χ1) is 9.25. The van der Waals surface area contributed by atoms with Gasteiger partial charge in [-0.25, -0.2) is 0 Å². The van der Waals surface area contributed by atoms with Crippen LogP contribution in [0.2, 0.25) is 0 Å². The highest BCUT2D eigenvalue weighted by atomic mass is 14.6. The molecule has 0 bridgehead atoms. The fraction of sp³-hybridized carbons (Fsp3) is 0.111. The molecule has 0 heterocycles. The fourth-order valence-corrected chi connectivity index (χ4v) is 2.47. The predicted molar refractivity (Wildman–Crippen MR) is 82.0 cm³/mol. The Morgan fingerprint density at radius 2 is 1.58 bits per heavy atom. The van der Waals surface area contributed by atoms with Crippen molar-refractivity contribution in [2.45, 2.75) is 13.0 Å². The third-order valence-electron chi connectivity index (χ3n) is 3.51. The van der Waals surface area contributed by atoms with Gasteiger partial charge >= 0.3 is 0 Å². The topological polar surface area (TPSA) is 26.0 Å². The molecule has 0 radical (unpaired) electrons. The molecule has 0 saturated carbocycles. The summed E-state index contributed by atoms with van der Waals surface area (Å²) in [7, 11) is 0. The molecule has 0 aromatic heterocycles. The Kier molecular flexibility index (Phi) is 3.06. The summed E-state index contributed by atoms with van der Waals surface area (Å²) in [5, 5.41) is 2.55. The van der Waals surface area contributed by atoms with Crippen molar-refractivity contribution in [1.82, 2.24) is 0 Å². The minimum absolute atomic E-state index is 0.0647. The van der Waals surface area contributed by atoms with Crippen LogP contribution in [0.3, 0.4) is 0 Å². The van der Waals surface area contributed by atoms with E-state index in [1.165, 1.54) is 27.5 Å². The quantitative estimate of drug-likeness (QED) is 0.707. The van der Waals surface area contributed by atoms with Gasteiger partial charge in [0, 0.05) is 6.04 Å². The van der Waals surface area contributed by atoms with E-state index in [1.54, 1.807) is 0 Å². The Bertz CT molecular complexity index is 708. The maximum atomic E-state index is 5.97. The second kappa shape index (κ2) is 4.87. The van der Waals surface area contributed by atoms with E-state index in [2.05, 4.69) is 66.7 Å². The maximum absolute atomic E-state index is 5.97. The monoisotopic (exact) mass is 247 g/mol. The largest absolute Gasteiger partial charge is 0.324 e. The minimum atomic E-state index is 0.0647. The van der Waals surface area contributed by atoms with E-state index >= 15 is 0 Å². The first-order valence-electron chi connectivity index (χ1n) is 6.59. The zero-order valence-electron chi connectivity index (χ0n) is 11.0. The summed E-state index contributed by atoms with van der Waals surface area (Å²) in [5.41, 5.74) is 9.64. The molecule has 3 rings (SSSR count). The minimum Gasteiger partial charge on any atom is -0.324 e. The van der Waals surface area contributed by atoms with Crippen LogP contribution in [0.5, 0.6) is 0 Å². The molecular formula is C18H17N. The molecule has 3 aromatic rings. The highest BCUT2D eigenvalue weighted by molar-refractivity contribution is 5.96. The normalized spacial score (nSPS) is 12.5. The van der Waals surface area contributed by atoms with Gasteiger partial charge in [-0.15, -0.1) is 0 Å². The number of hydrogen-bond acceptors (Lipinski definition) is 1. The third-order valence-corrected chi connectivity index (χ3v) is 3.51. The van der Waals surface area contributed by atoms with E-state index < -0.39 is 0 Å². The highest BCUT2D eigenvalue weighted by Crippen LogP contribution is 2.29. The molecule has 2 N–H and O–H groups in total. The van der Waals surface area contributed by atoms with E-state index in [4.69, 9.17) is 5.73 Å². The molecule has 1 nitrogen and oxygen atoms in total. The summed E-state index contributed by atoms with van der Waals surface area (Å²) < 4.78 is 0. The van der Waals surface area contributed by atoms with E-state index in [9.17, 15) is 0 Å². The Labute approximate surface area is 113 Å². The first kappa shape index (κ1) is 11.9. The van der Waals surface area contributed by atoms with Gasteiger partial charge in [0.2, 0.25) is 0 Å². The number of rotatable bonds is 2. The maximum Gasteiger partial charge on any atom is 0.0266 e. The lowest BCUT2D eigenvalue weighted by molar-refractivity contribution is 0.819. The van der Waals surface area contributed by atoms with E-state index in [0.717, 1.165) is 0 Å². The third kappa shape index (κ3) is 2.25. The number of benzene rings is 3. The lowest BCUT2D eigenvalue weighted by atomic mass is 9.96. The van der Waals surface area contributed by atoms with Crippen LogP contribution in [0.25, 0.3) is 21.9 Å². The molecular weight excluding hydrogens is 230 g/mol. The van der Waals surface area contributed by atoms with Gasteiger partial charge in [0.15, 0.2) is 0 Å². The number of fused-ring (bicyclic) bond motifs is 1. The molecule has 0 spiro atoms. The predicted octanol–water partition coefficient (Wildman–Crippen LogP) is 4.53. The van der Waals surface area contributed by atoms with Gasteiger partial charge in [-0.1, -0.05) is 60.7 Å². The first-order valence-corrected chi connectivity index (χ1v) is 6.59. The average molecular weight is 247 g/mol. The standard InChI is InChI=1S/C18H17N/c1-13(19)15-8-4-9-16(12-15)18-11-5-7-14-6-2-3-10-17(14)18/h2-13H,19H2,1H3. The summed E-state index contributed by atoms with van der Waals surface area (Å²) in [6.45, 7) is 2.02. The Balaban J connectivity index is 2.22. The molecule has 1 heteroatoms. The van der Waals surface area contributed by atoms with E-state index in [-0.39, 0.29) is 6.04 Å². The van der Waals surface area contributed by atoms with Crippen molar-refractivity contribution in [3.63, 3.8) is 0 Å². The van der Waals surface area contributed by atoms with Crippen molar-refractivity contribution in [3.8, 4) is 11.1 Å². The van der Waals surface area contributed by atoms with Gasteiger partial charge in [0.1, 0.15) is 0 Å². The zero-order chi connectivity index (χ0) is 13.2. The molecule has 0 fully saturated rings. The molecule has 1 atom stereocenters. The van der Waals surface area contributed by atoms with Crippen LogP contribution >= 0.6 is 0 Å². The van der Waals surface area contributed by atoms with Gasteiger partial charge in [-0.2, -0.15) is 0 Å². The zero-order valence-corrected chi connectivity index (χ0v) is 11.0. The van der Waals surface area contributed by atoms with Crippen molar-refractivity contribution in [1.29, 1.82) is 0 Å². The second-order valence-electron chi connectivity index (χ2n) is 4.94. The van der Waals surface area contributed by atoms with Gasteiger partial charge in [-0.05, 0) is 40.5 Å². The van der Waals surface area contributed by atoms with Crippen molar-refractivity contribution in [2.24, 2.45) is 5.73 Å². The average Bonchev–Trinajstić information content (AvgIpc) is 2.47. The van der Waals surface area contributed by atoms with Crippen LogP contribution in [0, 0.1) is 0 Å². The van der Waals surface area contributed by atoms with Crippen molar-refractivity contribution >= 4 is 10.8 Å². The summed E-state index contributed by atoms with van der Waals surface area (Å²) in [5.74, 6) is 0. The summed E-state index contributed by atoms with van der Waals surface area (Å²) in [6, 6.07) is 23.5. The summed E-state index contributed by atoms with van der Waals surface area (Å²) in [6.07, 6.45) is 0. The molecule has 0 amide bonds. The Morgan fingerprint density at radius 1 is 0.842 bits per heavy atom. The Hall–Kier alpha value is -2.12. The lowest BCUT2D eigenvalue weighted by Gasteiger charge is -2.10. The van der Waals surface area contributed by atoms with Gasteiger partial charge in [-0.3, -0.25) is 0 Å². The molecule has 3 aromatic carbocycles. The number of hydrogen-bond donors (Lipinski definition) is 1. The lowest BCUT2D eigenvalue weighted by Crippen LogP contribution is -2.04. The summed E-state index contributed by atoms with van der Waals surface area (Å²) in [4.78, 5) is 0. The second-order valence-corrected chi connectivity index (χ2v) is 4.94. The SMILES string of the molecule is CC(N)c1cccc(-c2cccc3ccccc23)c1. The van der Waals surface area contributed by atoms with Crippen molar-refractivity contribution < 1.29 is 0 Å². The van der Waals surface area contributed by atoms with Crippen LogP contribution in [0.4, 0.5) is 0 Å². The molecule has 0 aliphatic heterocycles. The van der Waals surface area contributed by atoms with Crippen LogP contribution in [0.1, 0.15) is 18.5 Å². The van der Waals surface area contributed by atoms with Gasteiger partial charge in [0.05, 0.1) is 0 Å². The molecule has 94 valence electrons. The molecule has 0 saturated heterocycles. The van der Waals surface area contributed by atoms with Crippen LogP contribution in [-0.2, 0) is 0 Å². The van der Waals surface area contributed by atoms with Crippen LogP contribution < -0.4 is 5.73 Å². The Morgan fingerprint density at radius 3 is 2.42 bits per heavy atom.